The molecule has 0 bridgehead atoms. The predicted octanol–water partition coefficient (Wildman–Crippen LogP) is 1.73. The molecule has 0 radical (unpaired) electrons. The van der Waals surface area contributed by atoms with E-state index in [0.29, 0.717) is 5.56 Å². The highest BCUT2D eigenvalue weighted by atomic mass is 16.4. The first-order valence-corrected chi connectivity index (χ1v) is 3.79. The molecule has 0 heterocycles. The largest absolute Gasteiger partial charge is 0.478 e. The zero-order valence-electron chi connectivity index (χ0n) is 7.23. The molecule has 0 fully saturated rings. The SMILES string of the molecule is C=Cc1ccc(C(=O)O)c(C(=O)O)c1. The van der Waals surface area contributed by atoms with Crippen LogP contribution in [0, 0.1) is 0 Å². The van der Waals surface area contributed by atoms with E-state index in [4.69, 9.17) is 10.2 Å². The molecule has 4 nitrogen and oxygen atoms in total. The molecule has 1 aromatic rings. The summed E-state index contributed by atoms with van der Waals surface area (Å²) in [5.74, 6) is -2.51. The Balaban J connectivity index is 3.38. The number of carboxylic acids is 2. The number of benzene rings is 1. The maximum absolute atomic E-state index is 10.7. The van der Waals surface area contributed by atoms with Crippen molar-refractivity contribution < 1.29 is 19.8 Å². The maximum Gasteiger partial charge on any atom is 0.336 e. The Morgan fingerprint density at radius 1 is 1.14 bits per heavy atom. The van der Waals surface area contributed by atoms with Gasteiger partial charge < -0.3 is 10.2 Å². The molecular formula is C10H8O4. The van der Waals surface area contributed by atoms with Gasteiger partial charge in [0.25, 0.3) is 0 Å². The molecule has 1 aromatic carbocycles. The third-order valence-electron chi connectivity index (χ3n) is 1.74. The summed E-state index contributed by atoms with van der Waals surface area (Å²) in [6, 6.07) is 4.03. The lowest BCUT2D eigenvalue weighted by Crippen LogP contribution is -2.07. The number of hydrogen-bond donors (Lipinski definition) is 2. The molecular weight excluding hydrogens is 184 g/mol. The second kappa shape index (κ2) is 3.74. The summed E-state index contributed by atoms with van der Waals surface area (Å²) in [6.07, 6.45) is 1.46. The van der Waals surface area contributed by atoms with Gasteiger partial charge in [-0.05, 0) is 17.7 Å². The van der Waals surface area contributed by atoms with Crippen molar-refractivity contribution in [3.63, 3.8) is 0 Å². The fourth-order valence-corrected chi connectivity index (χ4v) is 1.05. The summed E-state index contributed by atoms with van der Waals surface area (Å²) in [7, 11) is 0. The standard InChI is InChI=1S/C10H8O4/c1-2-6-3-4-7(9(11)12)8(5-6)10(13)14/h2-5H,1H2,(H,11,12)(H,13,14). The van der Waals surface area contributed by atoms with Gasteiger partial charge in [0.05, 0.1) is 11.1 Å². The quantitative estimate of drug-likeness (QED) is 0.764. The lowest BCUT2D eigenvalue weighted by molar-refractivity contribution is 0.0651. The van der Waals surface area contributed by atoms with Crippen molar-refractivity contribution in [2.75, 3.05) is 0 Å². The molecule has 0 spiro atoms. The molecule has 0 amide bonds. The summed E-state index contributed by atoms with van der Waals surface area (Å²) < 4.78 is 0. The Labute approximate surface area is 80.1 Å². The van der Waals surface area contributed by atoms with E-state index in [9.17, 15) is 9.59 Å². The second-order valence-electron chi connectivity index (χ2n) is 2.62. The molecule has 0 unspecified atom stereocenters. The molecule has 0 aliphatic heterocycles. The van der Waals surface area contributed by atoms with Crippen LogP contribution < -0.4 is 0 Å². The molecule has 72 valence electrons. The minimum atomic E-state index is -1.26. The number of hydrogen-bond acceptors (Lipinski definition) is 2. The highest BCUT2D eigenvalue weighted by Gasteiger charge is 2.15. The van der Waals surface area contributed by atoms with Gasteiger partial charge in [-0.2, -0.15) is 0 Å². The van der Waals surface area contributed by atoms with E-state index >= 15 is 0 Å². The van der Waals surface area contributed by atoms with Gasteiger partial charge in [0, 0.05) is 0 Å². The predicted molar refractivity (Wildman–Crippen MR) is 50.5 cm³/mol. The topological polar surface area (TPSA) is 74.6 Å². The van der Waals surface area contributed by atoms with Crippen LogP contribution >= 0.6 is 0 Å². The molecule has 1 rings (SSSR count). The Bertz CT molecular complexity index is 407. The van der Waals surface area contributed by atoms with E-state index in [1.165, 1.54) is 24.3 Å². The van der Waals surface area contributed by atoms with Crippen LogP contribution in [0.5, 0.6) is 0 Å². The average Bonchev–Trinajstić information content (AvgIpc) is 2.16. The Hall–Kier alpha value is -2.10. The summed E-state index contributed by atoms with van der Waals surface area (Å²) in [5.41, 5.74) is 0.130. The van der Waals surface area contributed by atoms with Crippen LogP contribution in [0.2, 0.25) is 0 Å². The van der Waals surface area contributed by atoms with Crippen molar-refractivity contribution >= 4 is 18.0 Å². The highest BCUT2D eigenvalue weighted by molar-refractivity contribution is 6.02. The molecule has 0 saturated heterocycles. The molecule has 0 atom stereocenters. The van der Waals surface area contributed by atoms with Gasteiger partial charge in [-0.15, -0.1) is 0 Å². The zero-order valence-corrected chi connectivity index (χ0v) is 7.23. The number of carboxylic acid groups (broad SMARTS) is 2. The first-order chi connectivity index (χ1) is 6.56. The lowest BCUT2D eigenvalue weighted by atomic mass is 10.0. The molecule has 2 N–H and O–H groups in total. The van der Waals surface area contributed by atoms with Gasteiger partial charge in [-0.25, -0.2) is 9.59 Å². The van der Waals surface area contributed by atoms with E-state index in [1.807, 2.05) is 0 Å². The number of rotatable bonds is 3. The molecule has 14 heavy (non-hydrogen) atoms. The van der Waals surface area contributed by atoms with Crippen LogP contribution in [-0.2, 0) is 0 Å². The third kappa shape index (κ3) is 1.80. The summed E-state index contributed by atoms with van der Waals surface area (Å²) in [5, 5.41) is 17.4. The second-order valence-corrected chi connectivity index (χ2v) is 2.62. The first kappa shape index (κ1) is 9.98. The van der Waals surface area contributed by atoms with E-state index < -0.39 is 11.9 Å². The van der Waals surface area contributed by atoms with Gasteiger partial charge >= 0.3 is 11.9 Å². The molecule has 4 heteroatoms. The van der Waals surface area contributed by atoms with Crippen molar-refractivity contribution in [1.29, 1.82) is 0 Å². The van der Waals surface area contributed by atoms with Crippen LogP contribution in [0.1, 0.15) is 26.3 Å². The molecule has 0 aromatic heterocycles. The normalized spacial score (nSPS) is 9.43. The summed E-state index contributed by atoms with van der Waals surface area (Å²) >= 11 is 0. The van der Waals surface area contributed by atoms with E-state index in [-0.39, 0.29) is 11.1 Å². The smallest absolute Gasteiger partial charge is 0.336 e. The van der Waals surface area contributed by atoms with E-state index in [2.05, 4.69) is 6.58 Å². The van der Waals surface area contributed by atoms with Gasteiger partial charge in [-0.1, -0.05) is 18.7 Å². The molecule has 0 saturated carbocycles. The van der Waals surface area contributed by atoms with Gasteiger partial charge in [0.2, 0.25) is 0 Å². The average molecular weight is 192 g/mol. The van der Waals surface area contributed by atoms with Crippen molar-refractivity contribution in [2.45, 2.75) is 0 Å². The first-order valence-electron chi connectivity index (χ1n) is 3.79. The highest BCUT2D eigenvalue weighted by Crippen LogP contribution is 2.13. The fourth-order valence-electron chi connectivity index (χ4n) is 1.05. The van der Waals surface area contributed by atoms with Crippen molar-refractivity contribution in [3.8, 4) is 0 Å². The zero-order chi connectivity index (χ0) is 10.7. The third-order valence-corrected chi connectivity index (χ3v) is 1.74. The van der Waals surface area contributed by atoms with Crippen LogP contribution in [0.15, 0.2) is 24.8 Å². The van der Waals surface area contributed by atoms with E-state index in [1.54, 1.807) is 0 Å². The number of carbonyl (C=O) groups is 2. The van der Waals surface area contributed by atoms with Crippen LogP contribution in [-0.4, -0.2) is 22.2 Å². The van der Waals surface area contributed by atoms with E-state index in [0.717, 1.165) is 0 Å². The van der Waals surface area contributed by atoms with Crippen LogP contribution in [0.25, 0.3) is 6.08 Å². The monoisotopic (exact) mass is 192 g/mol. The minimum Gasteiger partial charge on any atom is -0.478 e. The summed E-state index contributed by atoms with van der Waals surface area (Å²) in [4.78, 5) is 21.3. The maximum atomic E-state index is 10.7. The Morgan fingerprint density at radius 3 is 2.14 bits per heavy atom. The van der Waals surface area contributed by atoms with Gasteiger partial charge in [0.15, 0.2) is 0 Å². The van der Waals surface area contributed by atoms with Gasteiger partial charge in [0.1, 0.15) is 0 Å². The van der Waals surface area contributed by atoms with Crippen LogP contribution in [0.3, 0.4) is 0 Å². The summed E-state index contributed by atoms with van der Waals surface area (Å²) in [6.45, 7) is 3.47. The van der Waals surface area contributed by atoms with Crippen LogP contribution in [0.4, 0.5) is 0 Å². The van der Waals surface area contributed by atoms with Crippen molar-refractivity contribution in [3.05, 3.63) is 41.5 Å². The molecule has 0 aliphatic carbocycles. The minimum absolute atomic E-state index is 0.219. The fraction of sp³-hybridized carbons (Fsp3) is 0. The number of aromatic carboxylic acids is 2. The van der Waals surface area contributed by atoms with Gasteiger partial charge in [-0.3, -0.25) is 0 Å². The van der Waals surface area contributed by atoms with Crippen molar-refractivity contribution in [1.82, 2.24) is 0 Å². The lowest BCUT2D eigenvalue weighted by Gasteiger charge is -2.02. The Kier molecular flexibility index (Phi) is 2.67. The Morgan fingerprint density at radius 2 is 1.71 bits per heavy atom. The van der Waals surface area contributed by atoms with Crippen molar-refractivity contribution in [2.24, 2.45) is 0 Å². The molecule has 0 aliphatic rings.